The van der Waals surface area contributed by atoms with Gasteiger partial charge in [0.05, 0.1) is 12.3 Å². The van der Waals surface area contributed by atoms with Crippen LogP contribution in [0.15, 0.2) is 24.4 Å². The first kappa shape index (κ1) is 13.1. The van der Waals surface area contributed by atoms with Crippen LogP contribution in [0, 0.1) is 13.8 Å². The van der Waals surface area contributed by atoms with Crippen molar-refractivity contribution >= 4 is 11.6 Å². The molecule has 0 aliphatic heterocycles. The van der Waals surface area contributed by atoms with Crippen molar-refractivity contribution < 1.29 is 5.11 Å². The number of aliphatic hydroxyl groups is 1. The number of nitrogens with zero attached hydrogens (tertiary/aromatic N) is 2. The molecular weight excluding hydrogens is 248 g/mol. The molecule has 1 heterocycles. The standard InChI is InChI=1S/C14H17ClN2O/c1-9-4-5-11(13(15)6-9)7-14(18)12-8-16-17(3)10(12)2/h4-6,8,14,18H,7H2,1-3H3. The average Bonchev–Trinajstić information content (AvgIpc) is 2.64. The Bertz CT molecular complexity index is 563. The maximum absolute atomic E-state index is 10.2. The topological polar surface area (TPSA) is 38.1 Å². The first-order valence-corrected chi connectivity index (χ1v) is 6.28. The lowest BCUT2D eigenvalue weighted by atomic mass is 10.0. The summed E-state index contributed by atoms with van der Waals surface area (Å²) in [6, 6.07) is 5.89. The lowest BCUT2D eigenvalue weighted by Crippen LogP contribution is -2.04. The fraction of sp³-hybridized carbons (Fsp3) is 0.357. The van der Waals surface area contributed by atoms with E-state index in [1.165, 1.54) is 0 Å². The molecule has 0 aliphatic rings. The SMILES string of the molecule is Cc1ccc(CC(O)c2cnn(C)c2C)c(Cl)c1. The van der Waals surface area contributed by atoms with Crippen molar-refractivity contribution in [1.82, 2.24) is 9.78 Å². The number of rotatable bonds is 3. The van der Waals surface area contributed by atoms with Crippen LogP contribution in [0.1, 0.15) is 28.5 Å². The zero-order valence-corrected chi connectivity index (χ0v) is 11.6. The number of halogens is 1. The molecule has 96 valence electrons. The van der Waals surface area contributed by atoms with Crippen molar-refractivity contribution in [2.75, 3.05) is 0 Å². The van der Waals surface area contributed by atoms with E-state index in [4.69, 9.17) is 11.6 Å². The van der Waals surface area contributed by atoms with Gasteiger partial charge in [0.1, 0.15) is 0 Å². The molecule has 0 aliphatic carbocycles. The third-order valence-electron chi connectivity index (χ3n) is 3.25. The van der Waals surface area contributed by atoms with Gasteiger partial charge in [-0.2, -0.15) is 5.10 Å². The van der Waals surface area contributed by atoms with Crippen molar-refractivity contribution in [3.63, 3.8) is 0 Å². The second kappa shape index (κ2) is 5.12. The second-order valence-electron chi connectivity index (χ2n) is 4.62. The van der Waals surface area contributed by atoms with Gasteiger partial charge in [0.2, 0.25) is 0 Å². The zero-order chi connectivity index (χ0) is 13.3. The molecule has 0 spiro atoms. The lowest BCUT2D eigenvalue weighted by molar-refractivity contribution is 0.177. The fourth-order valence-corrected chi connectivity index (χ4v) is 2.29. The van der Waals surface area contributed by atoms with E-state index in [0.29, 0.717) is 11.4 Å². The summed E-state index contributed by atoms with van der Waals surface area (Å²) in [5.41, 5.74) is 3.91. The predicted octanol–water partition coefficient (Wildman–Crippen LogP) is 2.97. The molecule has 1 aromatic heterocycles. The van der Waals surface area contributed by atoms with Crippen LogP contribution in [0.5, 0.6) is 0 Å². The van der Waals surface area contributed by atoms with Crippen LogP contribution in [0.4, 0.5) is 0 Å². The Balaban J connectivity index is 2.21. The summed E-state index contributed by atoms with van der Waals surface area (Å²) in [6.45, 7) is 3.94. The second-order valence-corrected chi connectivity index (χ2v) is 5.03. The largest absolute Gasteiger partial charge is 0.388 e. The molecule has 1 unspecified atom stereocenters. The quantitative estimate of drug-likeness (QED) is 0.926. The summed E-state index contributed by atoms with van der Waals surface area (Å²) in [5.74, 6) is 0. The monoisotopic (exact) mass is 264 g/mol. The molecule has 18 heavy (non-hydrogen) atoms. The van der Waals surface area contributed by atoms with E-state index in [2.05, 4.69) is 5.10 Å². The number of aryl methyl sites for hydroxylation is 2. The highest BCUT2D eigenvalue weighted by molar-refractivity contribution is 6.31. The predicted molar refractivity (Wildman–Crippen MR) is 72.8 cm³/mol. The highest BCUT2D eigenvalue weighted by Gasteiger charge is 2.15. The van der Waals surface area contributed by atoms with Crippen LogP contribution < -0.4 is 0 Å². The number of hydrogen-bond acceptors (Lipinski definition) is 2. The molecule has 4 heteroatoms. The highest BCUT2D eigenvalue weighted by Crippen LogP contribution is 2.25. The Labute approximate surface area is 112 Å². The van der Waals surface area contributed by atoms with Gasteiger partial charge < -0.3 is 5.11 Å². The van der Waals surface area contributed by atoms with Gasteiger partial charge in [-0.1, -0.05) is 23.7 Å². The molecule has 0 fully saturated rings. The molecule has 3 nitrogen and oxygen atoms in total. The zero-order valence-electron chi connectivity index (χ0n) is 10.8. The van der Waals surface area contributed by atoms with Gasteiger partial charge in [0.25, 0.3) is 0 Å². The summed E-state index contributed by atoms with van der Waals surface area (Å²) in [6.07, 6.45) is 1.65. The molecule has 2 aromatic rings. The van der Waals surface area contributed by atoms with E-state index in [1.807, 2.05) is 39.1 Å². The van der Waals surface area contributed by atoms with Crippen LogP contribution in [-0.2, 0) is 13.5 Å². The Morgan fingerprint density at radius 1 is 1.39 bits per heavy atom. The van der Waals surface area contributed by atoms with Crippen LogP contribution >= 0.6 is 11.6 Å². The first-order chi connectivity index (χ1) is 8.49. The summed E-state index contributed by atoms with van der Waals surface area (Å²) in [7, 11) is 1.87. The molecule has 0 bridgehead atoms. The number of hydrogen-bond donors (Lipinski definition) is 1. The van der Waals surface area contributed by atoms with Gasteiger partial charge in [0.15, 0.2) is 0 Å². The molecule has 0 saturated carbocycles. The van der Waals surface area contributed by atoms with E-state index in [1.54, 1.807) is 10.9 Å². The van der Waals surface area contributed by atoms with E-state index in [0.717, 1.165) is 22.4 Å². The smallest absolute Gasteiger partial charge is 0.0864 e. The van der Waals surface area contributed by atoms with Gasteiger partial charge in [0, 0.05) is 29.7 Å². The molecule has 1 aromatic carbocycles. The van der Waals surface area contributed by atoms with Gasteiger partial charge in [-0.3, -0.25) is 4.68 Å². The van der Waals surface area contributed by atoms with Crippen LogP contribution in [0.2, 0.25) is 5.02 Å². The maximum atomic E-state index is 10.2. The first-order valence-electron chi connectivity index (χ1n) is 5.90. The fourth-order valence-electron chi connectivity index (χ4n) is 1.98. The van der Waals surface area contributed by atoms with Crippen molar-refractivity contribution in [3.8, 4) is 0 Å². The minimum Gasteiger partial charge on any atom is -0.388 e. The molecule has 0 saturated heterocycles. The molecule has 1 atom stereocenters. The Hall–Kier alpha value is -1.32. The summed E-state index contributed by atoms with van der Waals surface area (Å²) < 4.78 is 1.76. The minimum absolute atomic E-state index is 0.506. The average molecular weight is 265 g/mol. The van der Waals surface area contributed by atoms with Crippen molar-refractivity contribution in [3.05, 3.63) is 51.8 Å². The van der Waals surface area contributed by atoms with Crippen LogP contribution in [-0.4, -0.2) is 14.9 Å². The molecular formula is C14H17ClN2O. The van der Waals surface area contributed by atoms with E-state index in [-0.39, 0.29) is 0 Å². The maximum Gasteiger partial charge on any atom is 0.0864 e. The van der Waals surface area contributed by atoms with Crippen molar-refractivity contribution in [1.29, 1.82) is 0 Å². The summed E-state index contributed by atoms with van der Waals surface area (Å²) in [4.78, 5) is 0. The van der Waals surface area contributed by atoms with Crippen LogP contribution in [0.3, 0.4) is 0 Å². The molecule has 0 radical (unpaired) electrons. The molecule has 1 N–H and O–H groups in total. The van der Waals surface area contributed by atoms with Crippen LogP contribution in [0.25, 0.3) is 0 Å². The Morgan fingerprint density at radius 3 is 2.67 bits per heavy atom. The van der Waals surface area contributed by atoms with Gasteiger partial charge in [-0.05, 0) is 31.0 Å². The van der Waals surface area contributed by atoms with Crippen molar-refractivity contribution in [2.45, 2.75) is 26.4 Å². The summed E-state index contributed by atoms with van der Waals surface area (Å²) >= 11 is 6.17. The van der Waals surface area contributed by atoms with E-state index < -0.39 is 6.10 Å². The Kier molecular flexibility index (Phi) is 3.73. The van der Waals surface area contributed by atoms with Gasteiger partial charge in [-0.25, -0.2) is 0 Å². The van der Waals surface area contributed by atoms with Crippen molar-refractivity contribution in [2.24, 2.45) is 7.05 Å². The third kappa shape index (κ3) is 2.57. The third-order valence-corrected chi connectivity index (χ3v) is 3.61. The highest BCUT2D eigenvalue weighted by atomic mass is 35.5. The number of aromatic nitrogens is 2. The number of benzene rings is 1. The molecule has 2 rings (SSSR count). The van der Waals surface area contributed by atoms with Gasteiger partial charge in [-0.15, -0.1) is 0 Å². The Morgan fingerprint density at radius 2 is 2.11 bits per heavy atom. The minimum atomic E-state index is -0.570. The normalized spacial score (nSPS) is 12.7. The number of aliphatic hydroxyl groups excluding tert-OH is 1. The lowest BCUT2D eigenvalue weighted by Gasteiger charge is -2.12. The summed E-state index contributed by atoms with van der Waals surface area (Å²) in [5, 5.41) is 15.1. The molecule has 0 amide bonds. The van der Waals surface area contributed by atoms with E-state index >= 15 is 0 Å². The van der Waals surface area contributed by atoms with E-state index in [9.17, 15) is 5.11 Å². The van der Waals surface area contributed by atoms with Gasteiger partial charge >= 0.3 is 0 Å².